The molecule has 0 saturated heterocycles. The first-order chi connectivity index (χ1) is 8.11. The second-order valence-electron chi connectivity index (χ2n) is 4.31. The Morgan fingerprint density at radius 1 is 1.39 bits per heavy atom. The molecule has 0 fully saturated rings. The van der Waals surface area contributed by atoms with Crippen molar-refractivity contribution in [1.82, 2.24) is 4.57 Å². The summed E-state index contributed by atoms with van der Waals surface area (Å²) in [5, 5.41) is 1.16. The first-order valence-electron chi connectivity index (χ1n) is 5.68. The van der Waals surface area contributed by atoms with E-state index in [1.54, 1.807) is 0 Å². The first-order valence-corrected chi connectivity index (χ1v) is 5.68. The molecule has 1 heterocycles. The van der Waals surface area contributed by atoms with Gasteiger partial charge in [-0.15, -0.1) is 12.4 Å². The van der Waals surface area contributed by atoms with Crippen molar-refractivity contribution in [2.24, 2.45) is 11.5 Å². The van der Waals surface area contributed by atoms with Gasteiger partial charge >= 0.3 is 0 Å². The van der Waals surface area contributed by atoms with Crippen LogP contribution in [0, 0.1) is 6.92 Å². The normalized spacial score (nSPS) is 10.3. The van der Waals surface area contributed by atoms with E-state index in [9.17, 15) is 4.79 Å². The van der Waals surface area contributed by atoms with Gasteiger partial charge in [-0.3, -0.25) is 4.79 Å². The van der Waals surface area contributed by atoms with Crippen LogP contribution in [-0.4, -0.2) is 17.0 Å². The average molecular weight is 268 g/mol. The van der Waals surface area contributed by atoms with E-state index in [0.29, 0.717) is 6.54 Å². The Kier molecular flexibility index (Phi) is 4.76. The molecule has 2 aromatic rings. The first kappa shape index (κ1) is 14.5. The molecular weight excluding hydrogens is 250 g/mol. The Morgan fingerprint density at radius 2 is 2.11 bits per heavy atom. The molecule has 0 aliphatic heterocycles. The topological polar surface area (TPSA) is 74.0 Å². The maximum Gasteiger partial charge on any atom is 0.237 e. The molecule has 1 amide bonds. The minimum atomic E-state index is -0.332. The van der Waals surface area contributed by atoms with Crippen molar-refractivity contribution in [3.63, 3.8) is 0 Å². The maximum atomic E-state index is 11.0. The Labute approximate surface area is 112 Å². The lowest BCUT2D eigenvalue weighted by Gasteiger charge is -2.01. The fraction of sp³-hybridized carbons (Fsp3) is 0.308. The molecule has 0 aliphatic carbocycles. The highest BCUT2D eigenvalue weighted by molar-refractivity contribution is 5.86. The lowest BCUT2D eigenvalue weighted by molar-refractivity contribution is -0.118. The molecular formula is C13H18ClN3O. The molecule has 0 aliphatic rings. The summed E-state index contributed by atoms with van der Waals surface area (Å²) in [4.78, 5) is 11.0. The van der Waals surface area contributed by atoms with Crippen LogP contribution >= 0.6 is 12.4 Å². The van der Waals surface area contributed by atoms with Crippen molar-refractivity contribution in [2.45, 2.75) is 19.9 Å². The second-order valence-corrected chi connectivity index (χ2v) is 4.31. The average Bonchev–Trinajstić information content (AvgIpc) is 2.56. The molecule has 18 heavy (non-hydrogen) atoms. The molecule has 0 saturated carbocycles. The third-order valence-electron chi connectivity index (χ3n) is 2.86. The van der Waals surface area contributed by atoms with E-state index in [1.165, 1.54) is 11.1 Å². The van der Waals surface area contributed by atoms with Crippen LogP contribution in [0.15, 0.2) is 24.4 Å². The van der Waals surface area contributed by atoms with Gasteiger partial charge in [-0.25, -0.2) is 0 Å². The highest BCUT2D eigenvalue weighted by Crippen LogP contribution is 2.23. The minimum Gasteiger partial charge on any atom is -0.368 e. The van der Waals surface area contributed by atoms with Gasteiger partial charge in [-0.1, -0.05) is 11.6 Å². The van der Waals surface area contributed by atoms with Crippen molar-refractivity contribution >= 4 is 29.2 Å². The summed E-state index contributed by atoms with van der Waals surface area (Å²) in [7, 11) is 0. The van der Waals surface area contributed by atoms with Crippen molar-refractivity contribution in [1.29, 1.82) is 0 Å². The quantitative estimate of drug-likeness (QED) is 0.878. The summed E-state index contributed by atoms with van der Waals surface area (Å²) in [5.41, 5.74) is 14.3. The molecule has 0 atom stereocenters. The fourth-order valence-electron chi connectivity index (χ4n) is 2.14. The number of primary amides is 1. The molecule has 0 unspecified atom stereocenters. The van der Waals surface area contributed by atoms with Crippen molar-refractivity contribution in [2.75, 3.05) is 6.54 Å². The van der Waals surface area contributed by atoms with E-state index in [0.717, 1.165) is 17.3 Å². The van der Waals surface area contributed by atoms with E-state index in [-0.39, 0.29) is 24.9 Å². The van der Waals surface area contributed by atoms with Gasteiger partial charge < -0.3 is 16.0 Å². The predicted octanol–water partition coefficient (Wildman–Crippen LogP) is 1.36. The molecule has 1 aromatic carbocycles. The molecule has 2 rings (SSSR count). The summed E-state index contributed by atoms with van der Waals surface area (Å²) in [5.74, 6) is -0.332. The zero-order valence-corrected chi connectivity index (χ0v) is 11.2. The number of nitrogens with zero attached hydrogens (tertiary/aromatic N) is 1. The number of benzene rings is 1. The molecule has 0 radical (unpaired) electrons. The molecule has 0 bridgehead atoms. The van der Waals surface area contributed by atoms with E-state index in [2.05, 4.69) is 13.0 Å². The molecule has 4 N–H and O–H groups in total. The number of amides is 1. The summed E-state index contributed by atoms with van der Waals surface area (Å²) in [6, 6.07) is 6.18. The zero-order valence-electron chi connectivity index (χ0n) is 10.3. The largest absolute Gasteiger partial charge is 0.368 e. The summed E-state index contributed by atoms with van der Waals surface area (Å²) < 4.78 is 1.89. The summed E-state index contributed by atoms with van der Waals surface area (Å²) >= 11 is 0. The number of hydrogen-bond donors (Lipinski definition) is 2. The summed E-state index contributed by atoms with van der Waals surface area (Å²) in [6.45, 7) is 2.87. The van der Waals surface area contributed by atoms with Gasteiger partial charge in [0.1, 0.15) is 6.54 Å². The standard InChI is InChI=1S/C13H17N3O.ClH/c1-9-2-3-12-11(6-9)10(4-5-14)7-16(12)8-13(15)17;/h2-3,6-7H,4-5,8,14H2,1H3,(H2,15,17);1H. The van der Waals surface area contributed by atoms with Gasteiger partial charge in [0.05, 0.1) is 0 Å². The highest BCUT2D eigenvalue weighted by atomic mass is 35.5. The number of hydrogen-bond acceptors (Lipinski definition) is 2. The van der Waals surface area contributed by atoms with Crippen LogP contribution in [0.2, 0.25) is 0 Å². The molecule has 0 spiro atoms. The van der Waals surface area contributed by atoms with Gasteiger partial charge in [0, 0.05) is 17.1 Å². The number of rotatable bonds is 4. The zero-order chi connectivity index (χ0) is 12.4. The van der Waals surface area contributed by atoms with Crippen molar-refractivity contribution < 1.29 is 4.79 Å². The Hall–Kier alpha value is -1.52. The number of carbonyl (C=O) groups excluding carboxylic acids is 1. The van der Waals surface area contributed by atoms with E-state index >= 15 is 0 Å². The summed E-state index contributed by atoms with van der Waals surface area (Å²) in [6.07, 6.45) is 2.79. The number of aromatic nitrogens is 1. The second kappa shape index (κ2) is 5.89. The van der Waals surface area contributed by atoms with Gasteiger partial charge in [0.25, 0.3) is 0 Å². The highest BCUT2D eigenvalue weighted by Gasteiger charge is 2.09. The van der Waals surface area contributed by atoms with Crippen LogP contribution in [-0.2, 0) is 17.8 Å². The third-order valence-corrected chi connectivity index (χ3v) is 2.86. The lowest BCUT2D eigenvalue weighted by Crippen LogP contribution is -2.17. The smallest absolute Gasteiger partial charge is 0.237 e. The van der Waals surface area contributed by atoms with Crippen molar-refractivity contribution in [3.8, 4) is 0 Å². The van der Waals surface area contributed by atoms with Crippen LogP contribution in [0.25, 0.3) is 10.9 Å². The molecule has 1 aromatic heterocycles. The Balaban J connectivity index is 0.00000162. The molecule has 98 valence electrons. The number of halogens is 1. The molecule has 5 heteroatoms. The number of aryl methyl sites for hydroxylation is 1. The monoisotopic (exact) mass is 267 g/mol. The van der Waals surface area contributed by atoms with Gasteiger partial charge in [-0.05, 0) is 37.6 Å². The van der Waals surface area contributed by atoms with E-state index in [1.807, 2.05) is 22.9 Å². The Morgan fingerprint density at radius 3 is 2.72 bits per heavy atom. The van der Waals surface area contributed by atoms with Gasteiger partial charge in [0.15, 0.2) is 0 Å². The van der Waals surface area contributed by atoms with Gasteiger partial charge in [0.2, 0.25) is 5.91 Å². The van der Waals surface area contributed by atoms with E-state index in [4.69, 9.17) is 11.5 Å². The number of carbonyl (C=O) groups is 1. The van der Waals surface area contributed by atoms with Crippen LogP contribution < -0.4 is 11.5 Å². The van der Waals surface area contributed by atoms with Gasteiger partial charge in [-0.2, -0.15) is 0 Å². The fourth-order valence-corrected chi connectivity index (χ4v) is 2.14. The molecule has 4 nitrogen and oxygen atoms in total. The van der Waals surface area contributed by atoms with E-state index < -0.39 is 0 Å². The number of nitrogens with two attached hydrogens (primary N) is 2. The lowest BCUT2D eigenvalue weighted by atomic mass is 10.1. The Bertz CT molecular complexity index is 563. The maximum absolute atomic E-state index is 11.0. The van der Waals surface area contributed by atoms with Crippen LogP contribution in [0.5, 0.6) is 0 Å². The van der Waals surface area contributed by atoms with Crippen LogP contribution in [0.4, 0.5) is 0 Å². The van der Waals surface area contributed by atoms with Crippen LogP contribution in [0.1, 0.15) is 11.1 Å². The SMILES string of the molecule is Cc1ccc2c(c1)c(CCN)cn2CC(N)=O.Cl. The minimum absolute atomic E-state index is 0. The van der Waals surface area contributed by atoms with Crippen LogP contribution in [0.3, 0.4) is 0 Å². The third kappa shape index (κ3) is 2.83. The number of fused-ring (bicyclic) bond motifs is 1. The predicted molar refractivity (Wildman–Crippen MR) is 75.9 cm³/mol. The van der Waals surface area contributed by atoms with Crippen molar-refractivity contribution in [3.05, 3.63) is 35.5 Å².